The molecule has 0 fully saturated rings. The van der Waals surface area contributed by atoms with Gasteiger partial charge in [-0.05, 0) is 44.5 Å². The number of hydrogen-bond donors (Lipinski definition) is 2. The van der Waals surface area contributed by atoms with Gasteiger partial charge < -0.3 is 11.1 Å². The van der Waals surface area contributed by atoms with Crippen molar-refractivity contribution in [3.05, 3.63) is 47.3 Å². The smallest absolute Gasteiger partial charge is 0.352 e. The van der Waals surface area contributed by atoms with Crippen molar-refractivity contribution in [1.29, 1.82) is 0 Å². The van der Waals surface area contributed by atoms with Crippen LogP contribution in [-0.4, -0.2) is 28.8 Å². The average Bonchev–Trinajstić information content (AvgIpc) is 2.92. The number of rotatable bonds is 6. The van der Waals surface area contributed by atoms with Crippen molar-refractivity contribution in [2.75, 3.05) is 13.1 Å². The fraction of sp³-hybridized carbons (Fsp3) is 0.375. The highest BCUT2D eigenvalue weighted by molar-refractivity contribution is 5.95. The van der Waals surface area contributed by atoms with Crippen molar-refractivity contribution in [1.82, 2.24) is 15.1 Å². The zero-order chi connectivity index (χ0) is 17.7. The number of unbranched alkanes of at least 4 members (excludes halogenated alkanes) is 1. The number of aromatic nitrogens is 2. The Morgan fingerprint density at radius 1 is 1.33 bits per heavy atom. The summed E-state index contributed by atoms with van der Waals surface area (Å²) in [5.41, 5.74) is 5.69. The second-order valence-electron chi connectivity index (χ2n) is 5.36. The van der Waals surface area contributed by atoms with E-state index < -0.39 is 11.7 Å². The van der Waals surface area contributed by atoms with Crippen LogP contribution in [0.15, 0.2) is 30.5 Å². The van der Waals surface area contributed by atoms with E-state index in [-0.39, 0.29) is 11.6 Å². The molecule has 3 N–H and O–H groups in total. The molecule has 0 bridgehead atoms. The van der Waals surface area contributed by atoms with Crippen molar-refractivity contribution in [2.24, 2.45) is 5.73 Å². The van der Waals surface area contributed by atoms with Gasteiger partial charge in [0.2, 0.25) is 0 Å². The van der Waals surface area contributed by atoms with Crippen LogP contribution in [0.3, 0.4) is 0 Å². The maximum atomic E-state index is 12.8. The van der Waals surface area contributed by atoms with Crippen LogP contribution in [0.4, 0.5) is 13.2 Å². The lowest BCUT2D eigenvalue weighted by Crippen LogP contribution is -2.25. The van der Waals surface area contributed by atoms with Gasteiger partial charge in [-0.15, -0.1) is 0 Å². The number of nitrogens with one attached hydrogen (secondary N) is 1. The Hall–Kier alpha value is -2.35. The lowest BCUT2D eigenvalue weighted by atomic mass is 10.2. The third-order valence-corrected chi connectivity index (χ3v) is 3.59. The molecule has 8 heteroatoms. The molecule has 0 radical (unpaired) electrons. The van der Waals surface area contributed by atoms with Crippen LogP contribution in [0.5, 0.6) is 0 Å². The number of alkyl halides is 3. The number of hydrogen-bond acceptors (Lipinski definition) is 3. The van der Waals surface area contributed by atoms with E-state index in [1.165, 1.54) is 23.0 Å². The molecule has 0 unspecified atom stereocenters. The van der Waals surface area contributed by atoms with Gasteiger partial charge in [-0.1, -0.05) is 6.07 Å². The van der Waals surface area contributed by atoms with Crippen LogP contribution in [0.2, 0.25) is 0 Å². The number of carbonyl (C=O) groups excluding carboxylic acids is 1. The predicted octanol–water partition coefficient (Wildman–Crippen LogP) is 2.67. The zero-order valence-electron chi connectivity index (χ0n) is 13.2. The number of carbonyl (C=O) groups is 1. The molecule has 24 heavy (non-hydrogen) atoms. The highest BCUT2D eigenvalue weighted by atomic mass is 19.4. The van der Waals surface area contributed by atoms with E-state index >= 15 is 0 Å². The van der Waals surface area contributed by atoms with Crippen LogP contribution in [0, 0.1) is 6.92 Å². The van der Waals surface area contributed by atoms with Gasteiger partial charge in [-0.25, -0.2) is 4.68 Å². The van der Waals surface area contributed by atoms with Crippen molar-refractivity contribution in [3.8, 4) is 5.69 Å². The van der Waals surface area contributed by atoms with E-state index in [2.05, 4.69) is 10.4 Å². The van der Waals surface area contributed by atoms with Gasteiger partial charge in [-0.3, -0.25) is 4.79 Å². The molecular weight excluding hydrogens is 321 g/mol. The molecule has 1 amide bonds. The second-order valence-corrected chi connectivity index (χ2v) is 5.36. The van der Waals surface area contributed by atoms with Crippen LogP contribution >= 0.6 is 0 Å². The Morgan fingerprint density at radius 2 is 2.08 bits per heavy atom. The molecule has 1 aromatic carbocycles. The zero-order valence-corrected chi connectivity index (χ0v) is 13.2. The molecule has 0 saturated heterocycles. The van der Waals surface area contributed by atoms with E-state index in [0.717, 1.165) is 25.0 Å². The minimum absolute atomic E-state index is 0.254. The van der Waals surface area contributed by atoms with E-state index in [0.29, 0.717) is 24.3 Å². The summed E-state index contributed by atoms with van der Waals surface area (Å²) in [5.74, 6) is -0.303. The van der Waals surface area contributed by atoms with E-state index in [1.54, 1.807) is 6.92 Å². The first-order valence-corrected chi connectivity index (χ1v) is 7.55. The van der Waals surface area contributed by atoms with Crippen molar-refractivity contribution in [3.63, 3.8) is 0 Å². The average molecular weight is 340 g/mol. The van der Waals surface area contributed by atoms with Crippen LogP contribution < -0.4 is 11.1 Å². The molecule has 0 aliphatic rings. The number of benzene rings is 1. The van der Waals surface area contributed by atoms with Crippen LogP contribution in [-0.2, 0) is 6.18 Å². The summed E-state index contributed by atoms with van der Waals surface area (Å²) in [6.45, 7) is 2.69. The van der Waals surface area contributed by atoms with Crippen molar-refractivity contribution < 1.29 is 18.0 Å². The predicted molar refractivity (Wildman–Crippen MR) is 83.9 cm³/mol. The second kappa shape index (κ2) is 7.48. The fourth-order valence-electron chi connectivity index (χ4n) is 2.27. The van der Waals surface area contributed by atoms with E-state index in [1.807, 2.05) is 0 Å². The molecular formula is C16H19F3N4O. The summed E-state index contributed by atoms with van der Waals surface area (Å²) < 4.78 is 39.8. The molecule has 0 spiro atoms. The molecule has 0 aliphatic heterocycles. The molecule has 130 valence electrons. The minimum Gasteiger partial charge on any atom is -0.352 e. The number of nitrogens with two attached hydrogens (primary N) is 1. The highest BCUT2D eigenvalue weighted by Gasteiger charge is 2.30. The number of amides is 1. The summed E-state index contributed by atoms with van der Waals surface area (Å²) in [7, 11) is 0. The first-order valence-electron chi connectivity index (χ1n) is 7.55. The van der Waals surface area contributed by atoms with Crippen molar-refractivity contribution >= 4 is 5.91 Å². The first-order chi connectivity index (χ1) is 11.3. The van der Waals surface area contributed by atoms with Gasteiger partial charge in [0, 0.05) is 6.54 Å². The van der Waals surface area contributed by atoms with Gasteiger partial charge in [0.05, 0.1) is 28.7 Å². The number of nitrogens with zero attached hydrogens (tertiary/aromatic N) is 2. The Morgan fingerprint density at radius 3 is 2.75 bits per heavy atom. The normalized spacial score (nSPS) is 11.5. The van der Waals surface area contributed by atoms with Crippen LogP contribution in [0.25, 0.3) is 5.69 Å². The summed E-state index contributed by atoms with van der Waals surface area (Å²) >= 11 is 0. The van der Waals surface area contributed by atoms with Gasteiger partial charge in [0.1, 0.15) is 0 Å². The summed E-state index contributed by atoms with van der Waals surface area (Å²) in [6.07, 6.45) is -1.50. The Balaban J connectivity index is 2.19. The molecule has 1 aromatic heterocycles. The molecule has 5 nitrogen and oxygen atoms in total. The SMILES string of the molecule is Cc1c(C(=O)NCCCCN)cnn1-c1cccc(C(F)(F)F)c1. The standard InChI is InChI=1S/C16H19F3N4O/c1-11-14(15(24)21-8-3-2-7-20)10-22-23(11)13-6-4-5-12(9-13)16(17,18)19/h4-6,9-10H,2-3,7-8,20H2,1H3,(H,21,24). The largest absolute Gasteiger partial charge is 0.416 e. The lowest BCUT2D eigenvalue weighted by Gasteiger charge is -2.10. The number of halogens is 3. The maximum absolute atomic E-state index is 12.8. The minimum atomic E-state index is -4.43. The molecule has 0 aliphatic carbocycles. The Labute approximate surface area is 137 Å². The molecule has 1 heterocycles. The fourth-order valence-corrected chi connectivity index (χ4v) is 2.27. The molecule has 0 atom stereocenters. The molecule has 0 saturated carbocycles. The highest BCUT2D eigenvalue weighted by Crippen LogP contribution is 2.30. The summed E-state index contributed by atoms with van der Waals surface area (Å²) in [5, 5.41) is 6.79. The van der Waals surface area contributed by atoms with Gasteiger partial charge in [-0.2, -0.15) is 18.3 Å². The van der Waals surface area contributed by atoms with Gasteiger partial charge in [0.15, 0.2) is 0 Å². The maximum Gasteiger partial charge on any atom is 0.416 e. The summed E-state index contributed by atoms with van der Waals surface area (Å²) in [4.78, 5) is 12.1. The van der Waals surface area contributed by atoms with E-state index in [4.69, 9.17) is 5.73 Å². The third kappa shape index (κ3) is 4.14. The Bertz CT molecular complexity index is 710. The lowest BCUT2D eigenvalue weighted by molar-refractivity contribution is -0.137. The van der Waals surface area contributed by atoms with E-state index in [9.17, 15) is 18.0 Å². The van der Waals surface area contributed by atoms with Crippen molar-refractivity contribution in [2.45, 2.75) is 25.9 Å². The van der Waals surface area contributed by atoms with Gasteiger partial charge in [0.25, 0.3) is 5.91 Å². The monoisotopic (exact) mass is 340 g/mol. The quantitative estimate of drug-likeness (QED) is 0.794. The molecule has 2 aromatic rings. The first kappa shape index (κ1) is 18.0. The topological polar surface area (TPSA) is 72.9 Å². The molecule has 2 rings (SSSR count). The Kier molecular flexibility index (Phi) is 5.61. The van der Waals surface area contributed by atoms with Crippen LogP contribution in [0.1, 0.15) is 34.5 Å². The third-order valence-electron chi connectivity index (χ3n) is 3.59. The van der Waals surface area contributed by atoms with Gasteiger partial charge >= 0.3 is 6.18 Å². The summed E-state index contributed by atoms with van der Waals surface area (Å²) in [6, 6.07) is 4.82.